The molecule has 25 heavy (non-hydrogen) atoms. The molecule has 0 radical (unpaired) electrons. The van der Waals surface area contributed by atoms with E-state index in [-0.39, 0.29) is 16.7 Å². The van der Waals surface area contributed by atoms with Crippen LogP contribution >= 0.6 is 0 Å². The van der Waals surface area contributed by atoms with Gasteiger partial charge in [-0.25, -0.2) is 0 Å². The highest BCUT2D eigenvalue weighted by atomic mass is 28.3. The topological polar surface area (TPSA) is 40.5 Å². The summed E-state index contributed by atoms with van der Waals surface area (Å²) in [5, 5.41) is 21.1. The van der Waals surface area contributed by atoms with Crippen molar-refractivity contribution in [2.75, 3.05) is 6.61 Å². The second-order valence-electron chi connectivity index (χ2n) is 11.2. The van der Waals surface area contributed by atoms with Crippen LogP contribution in [-0.2, 0) is 0 Å². The Morgan fingerprint density at radius 2 is 1.56 bits per heavy atom. The van der Waals surface area contributed by atoms with Gasteiger partial charge in [0.25, 0.3) is 0 Å². The average Bonchev–Trinajstić information content (AvgIpc) is 2.41. The van der Waals surface area contributed by atoms with Crippen LogP contribution in [0.5, 0.6) is 0 Å². The predicted molar refractivity (Wildman–Crippen MR) is 117 cm³/mol. The van der Waals surface area contributed by atoms with Gasteiger partial charge in [-0.2, -0.15) is 0 Å². The molecular weight excluding hydrogens is 340 g/mol. The van der Waals surface area contributed by atoms with Crippen molar-refractivity contribution in [3.63, 3.8) is 0 Å². The van der Waals surface area contributed by atoms with Gasteiger partial charge in [-0.3, -0.25) is 0 Å². The normalized spacial score (nSPS) is 28.6. The van der Waals surface area contributed by atoms with Gasteiger partial charge in [-0.05, 0) is 39.6 Å². The Morgan fingerprint density at radius 1 is 1.08 bits per heavy atom. The minimum absolute atomic E-state index is 0.0200. The fourth-order valence-electron chi connectivity index (χ4n) is 3.90. The Kier molecular flexibility index (Phi) is 6.20. The van der Waals surface area contributed by atoms with Gasteiger partial charge in [0.1, 0.15) is 0 Å². The highest BCUT2D eigenvalue weighted by molar-refractivity contribution is 6.84. The first-order valence-electron chi connectivity index (χ1n) is 9.65. The number of hydrogen-bond donors (Lipinski definition) is 2. The van der Waals surface area contributed by atoms with Crippen molar-refractivity contribution in [1.82, 2.24) is 0 Å². The molecule has 2 atom stereocenters. The highest BCUT2D eigenvalue weighted by Crippen LogP contribution is 2.58. The molecule has 0 aromatic carbocycles. The summed E-state index contributed by atoms with van der Waals surface area (Å²) in [6, 6.07) is 0. The van der Waals surface area contributed by atoms with Gasteiger partial charge in [0.2, 0.25) is 0 Å². The quantitative estimate of drug-likeness (QED) is 0.595. The molecule has 2 N–H and O–H groups in total. The molecule has 1 aliphatic carbocycles. The smallest absolute Gasteiger partial charge is 0.0961 e. The highest BCUT2D eigenvalue weighted by Gasteiger charge is 2.59. The lowest BCUT2D eigenvalue weighted by Crippen LogP contribution is -2.64. The molecule has 0 aromatic rings. The van der Waals surface area contributed by atoms with Crippen molar-refractivity contribution < 1.29 is 10.2 Å². The van der Waals surface area contributed by atoms with E-state index in [0.29, 0.717) is 5.54 Å². The molecule has 0 aromatic heterocycles. The third-order valence-electron chi connectivity index (χ3n) is 8.10. The fraction of sp³-hybridized carbons (Fsp3) is 0.810. The van der Waals surface area contributed by atoms with E-state index in [1.54, 1.807) is 0 Å². The SMILES string of the molecule is C=C1/C(=C\CO)C[C@@H]([Si](C)(C)C(C)(C)C)C[C@]1(O)[Si](C)(C)C(C)(C)C. The fourth-order valence-corrected chi connectivity index (χ4v) is 9.78. The summed E-state index contributed by atoms with van der Waals surface area (Å²) in [5.41, 5.74) is 2.47. The molecular formula is C21H42O2Si2. The molecule has 0 amide bonds. The van der Waals surface area contributed by atoms with Crippen LogP contribution in [0.4, 0.5) is 0 Å². The van der Waals surface area contributed by atoms with Crippen LogP contribution in [0.1, 0.15) is 54.4 Å². The standard InChI is InChI=1S/C21H42O2Si2/c1-16-17(12-13-22)14-18(24(8,9)19(2,3)4)15-21(16,23)25(10,11)20(5,6)7/h12,18,22-23H,1,13-15H2,2-11H3/b17-12-/t18-,21+/m1/s1. The van der Waals surface area contributed by atoms with Crippen molar-refractivity contribution in [3.8, 4) is 0 Å². The second kappa shape index (κ2) is 6.77. The van der Waals surface area contributed by atoms with Gasteiger partial charge < -0.3 is 10.2 Å². The van der Waals surface area contributed by atoms with Gasteiger partial charge in [0.15, 0.2) is 0 Å². The molecule has 1 aliphatic rings. The minimum Gasteiger partial charge on any atom is -0.392 e. The van der Waals surface area contributed by atoms with E-state index in [0.717, 1.165) is 24.0 Å². The monoisotopic (exact) mass is 382 g/mol. The molecule has 1 fully saturated rings. The van der Waals surface area contributed by atoms with Crippen LogP contribution in [0.2, 0.25) is 41.8 Å². The van der Waals surface area contributed by atoms with E-state index >= 15 is 0 Å². The van der Waals surface area contributed by atoms with Crippen LogP contribution in [0.25, 0.3) is 0 Å². The zero-order valence-electron chi connectivity index (χ0n) is 18.4. The molecule has 0 saturated heterocycles. The Bertz CT molecular complexity index is 547. The van der Waals surface area contributed by atoms with Crippen molar-refractivity contribution in [3.05, 3.63) is 23.8 Å². The average molecular weight is 383 g/mol. The van der Waals surface area contributed by atoms with E-state index in [4.69, 9.17) is 0 Å². The summed E-state index contributed by atoms with van der Waals surface area (Å²) < 4.78 is 0. The van der Waals surface area contributed by atoms with E-state index in [1.165, 1.54) is 0 Å². The number of aliphatic hydroxyl groups excluding tert-OH is 1. The van der Waals surface area contributed by atoms with Crippen molar-refractivity contribution in [1.29, 1.82) is 0 Å². The molecule has 0 aliphatic heterocycles. The van der Waals surface area contributed by atoms with Gasteiger partial charge >= 0.3 is 0 Å². The van der Waals surface area contributed by atoms with Crippen LogP contribution in [-0.4, -0.2) is 38.2 Å². The molecule has 1 rings (SSSR count). The summed E-state index contributed by atoms with van der Waals surface area (Å²) in [6.45, 7) is 27.7. The number of rotatable bonds is 3. The maximum absolute atomic E-state index is 12.1. The summed E-state index contributed by atoms with van der Waals surface area (Å²) in [6.07, 6.45) is 3.67. The lowest BCUT2D eigenvalue weighted by atomic mass is 9.86. The van der Waals surface area contributed by atoms with Gasteiger partial charge in [-0.1, -0.05) is 80.4 Å². The Balaban J connectivity index is 3.53. The first-order valence-corrected chi connectivity index (χ1v) is 15.7. The first-order chi connectivity index (χ1) is 10.9. The molecule has 4 heteroatoms. The zero-order chi connectivity index (χ0) is 20.1. The molecule has 0 spiro atoms. The van der Waals surface area contributed by atoms with Crippen molar-refractivity contribution in [2.45, 2.75) is 101 Å². The van der Waals surface area contributed by atoms with Gasteiger partial charge in [-0.15, -0.1) is 0 Å². The van der Waals surface area contributed by atoms with Crippen molar-refractivity contribution >= 4 is 16.1 Å². The largest absolute Gasteiger partial charge is 0.392 e. The summed E-state index contributed by atoms with van der Waals surface area (Å²) in [7, 11) is -3.72. The zero-order valence-corrected chi connectivity index (χ0v) is 20.4. The van der Waals surface area contributed by atoms with Crippen LogP contribution in [0, 0.1) is 0 Å². The van der Waals surface area contributed by atoms with Gasteiger partial charge in [0.05, 0.1) is 28.0 Å². The first kappa shape index (κ1) is 22.9. The minimum atomic E-state index is -2.09. The lowest BCUT2D eigenvalue weighted by Gasteiger charge is -2.57. The molecule has 2 nitrogen and oxygen atoms in total. The van der Waals surface area contributed by atoms with Crippen molar-refractivity contribution in [2.24, 2.45) is 0 Å². The number of hydrogen-bond acceptors (Lipinski definition) is 2. The molecule has 146 valence electrons. The maximum atomic E-state index is 12.1. The summed E-state index contributed by atoms with van der Waals surface area (Å²) in [5.74, 6) is 0. The Labute approximate surface area is 158 Å². The second-order valence-corrected chi connectivity index (χ2v) is 22.5. The van der Waals surface area contributed by atoms with E-state index < -0.39 is 21.4 Å². The Hall–Kier alpha value is -0.166. The maximum Gasteiger partial charge on any atom is 0.0961 e. The Morgan fingerprint density at radius 3 is 1.92 bits per heavy atom. The molecule has 0 heterocycles. The van der Waals surface area contributed by atoms with Crippen LogP contribution < -0.4 is 0 Å². The van der Waals surface area contributed by atoms with E-state index in [2.05, 4.69) is 74.3 Å². The molecule has 0 bridgehead atoms. The van der Waals surface area contributed by atoms with Crippen LogP contribution in [0.15, 0.2) is 23.8 Å². The molecule has 0 unspecified atom stereocenters. The van der Waals surface area contributed by atoms with E-state index in [1.807, 2.05) is 6.08 Å². The lowest BCUT2D eigenvalue weighted by molar-refractivity contribution is 0.127. The number of aliphatic hydroxyl groups is 2. The van der Waals surface area contributed by atoms with Gasteiger partial charge in [0, 0.05) is 0 Å². The molecule has 1 saturated carbocycles. The third kappa shape index (κ3) is 3.78. The predicted octanol–water partition coefficient (Wildman–Crippen LogP) is 5.91. The van der Waals surface area contributed by atoms with Crippen LogP contribution in [0.3, 0.4) is 0 Å². The summed E-state index contributed by atoms with van der Waals surface area (Å²) in [4.78, 5) is 0. The van der Waals surface area contributed by atoms with E-state index in [9.17, 15) is 10.2 Å². The summed E-state index contributed by atoms with van der Waals surface area (Å²) >= 11 is 0. The third-order valence-corrected chi connectivity index (χ3v) is 20.7.